The molecule has 6 nitrogen and oxygen atoms in total. The molecule has 2 aromatic rings. The Kier molecular flexibility index (Phi) is 8.09. The first-order chi connectivity index (χ1) is 14.9. The Labute approximate surface area is 192 Å². The summed E-state index contributed by atoms with van der Waals surface area (Å²) in [6.07, 6.45) is 4.45. The van der Waals surface area contributed by atoms with Crippen LogP contribution in [0.3, 0.4) is 0 Å². The van der Waals surface area contributed by atoms with Crippen molar-refractivity contribution in [2.75, 3.05) is 23.7 Å². The van der Waals surface area contributed by atoms with E-state index in [-0.39, 0.29) is 11.9 Å². The highest BCUT2D eigenvalue weighted by atomic mass is 79.9. The van der Waals surface area contributed by atoms with Crippen molar-refractivity contribution in [2.45, 2.75) is 51.0 Å². The molecule has 0 unspecified atom stereocenters. The molecule has 1 aliphatic heterocycles. The van der Waals surface area contributed by atoms with E-state index in [1.807, 2.05) is 30.3 Å². The SMILES string of the molecule is CCCCCC(=O)Nc1cccc(NC(=O)N2CCC(O)(c3ccc(Br)cc3)CC2)c1. The Morgan fingerprint density at radius 3 is 2.32 bits per heavy atom. The zero-order chi connectivity index (χ0) is 22.3. The second-order valence-electron chi connectivity index (χ2n) is 8.04. The van der Waals surface area contributed by atoms with Crippen LogP contribution in [0.15, 0.2) is 53.0 Å². The summed E-state index contributed by atoms with van der Waals surface area (Å²) in [5, 5.41) is 16.8. The number of nitrogens with one attached hydrogen (secondary N) is 2. The third-order valence-corrected chi connectivity index (χ3v) is 6.19. The lowest BCUT2D eigenvalue weighted by atomic mass is 9.84. The molecule has 0 bridgehead atoms. The number of amides is 3. The van der Waals surface area contributed by atoms with Gasteiger partial charge in [-0.1, -0.05) is 53.9 Å². The minimum absolute atomic E-state index is 0.0137. The largest absolute Gasteiger partial charge is 0.385 e. The molecule has 166 valence electrons. The summed E-state index contributed by atoms with van der Waals surface area (Å²) in [7, 11) is 0. The maximum atomic E-state index is 12.7. The fourth-order valence-electron chi connectivity index (χ4n) is 3.76. The maximum Gasteiger partial charge on any atom is 0.321 e. The number of hydrogen-bond acceptors (Lipinski definition) is 3. The second kappa shape index (κ2) is 10.8. The molecule has 3 rings (SSSR count). The average molecular weight is 488 g/mol. The number of piperidine rings is 1. The maximum absolute atomic E-state index is 12.7. The molecule has 7 heteroatoms. The number of likely N-dealkylation sites (tertiary alicyclic amines) is 1. The summed E-state index contributed by atoms with van der Waals surface area (Å²) < 4.78 is 0.969. The van der Waals surface area contributed by atoms with Gasteiger partial charge in [-0.15, -0.1) is 0 Å². The van der Waals surface area contributed by atoms with Crippen LogP contribution in [0.1, 0.15) is 51.0 Å². The standard InChI is InChI=1S/C24H30BrN3O3/c1-2-3-4-8-22(29)26-20-6-5-7-21(17-20)27-23(30)28-15-13-24(31,14-16-28)18-9-11-19(25)12-10-18/h5-7,9-12,17,31H,2-4,8,13-16H2,1H3,(H,26,29)(H,27,30). The lowest BCUT2D eigenvalue weighted by molar-refractivity contribution is -0.116. The normalized spacial score (nSPS) is 15.4. The van der Waals surface area contributed by atoms with Gasteiger partial charge < -0.3 is 20.6 Å². The van der Waals surface area contributed by atoms with Crippen LogP contribution < -0.4 is 10.6 Å². The van der Waals surface area contributed by atoms with Gasteiger partial charge in [-0.05, 0) is 55.2 Å². The third-order valence-electron chi connectivity index (χ3n) is 5.66. The fraction of sp³-hybridized carbons (Fsp3) is 0.417. The van der Waals surface area contributed by atoms with E-state index in [2.05, 4.69) is 33.5 Å². The van der Waals surface area contributed by atoms with E-state index in [0.717, 1.165) is 29.3 Å². The van der Waals surface area contributed by atoms with Crippen molar-refractivity contribution in [1.82, 2.24) is 4.90 Å². The van der Waals surface area contributed by atoms with E-state index in [1.165, 1.54) is 0 Å². The van der Waals surface area contributed by atoms with Gasteiger partial charge in [0.2, 0.25) is 5.91 Å². The first-order valence-electron chi connectivity index (χ1n) is 10.8. The number of carbonyl (C=O) groups excluding carboxylic acids is 2. The zero-order valence-electron chi connectivity index (χ0n) is 17.9. The van der Waals surface area contributed by atoms with Crippen LogP contribution in [0.5, 0.6) is 0 Å². The van der Waals surface area contributed by atoms with Gasteiger partial charge in [-0.3, -0.25) is 4.79 Å². The van der Waals surface area contributed by atoms with Crippen molar-refractivity contribution < 1.29 is 14.7 Å². The van der Waals surface area contributed by atoms with E-state index in [9.17, 15) is 14.7 Å². The van der Waals surface area contributed by atoms with Crippen molar-refractivity contribution in [3.63, 3.8) is 0 Å². The van der Waals surface area contributed by atoms with E-state index >= 15 is 0 Å². The summed E-state index contributed by atoms with van der Waals surface area (Å²) in [5.41, 5.74) is 1.25. The van der Waals surface area contributed by atoms with Crippen LogP contribution in [0.2, 0.25) is 0 Å². The molecule has 1 aliphatic rings. The van der Waals surface area contributed by atoms with E-state index in [4.69, 9.17) is 0 Å². The van der Waals surface area contributed by atoms with Crippen molar-refractivity contribution in [2.24, 2.45) is 0 Å². The molecule has 1 heterocycles. The van der Waals surface area contributed by atoms with Gasteiger partial charge in [0.1, 0.15) is 0 Å². The number of rotatable bonds is 7. The van der Waals surface area contributed by atoms with Crippen molar-refractivity contribution in [1.29, 1.82) is 0 Å². The van der Waals surface area contributed by atoms with Gasteiger partial charge in [-0.2, -0.15) is 0 Å². The molecule has 0 saturated carbocycles. The molecule has 0 aliphatic carbocycles. The van der Waals surface area contributed by atoms with Crippen LogP contribution in [-0.4, -0.2) is 35.0 Å². The number of benzene rings is 2. The van der Waals surface area contributed by atoms with E-state index in [1.54, 1.807) is 23.1 Å². The van der Waals surface area contributed by atoms with Crippen LogP contribution in [0.25, 0.3) is 0 Å². The highest BCUT2D eigenvalue weighted by Gasteiger charge is 2.35. The molecule has 1 saturated heterocycles. The van der Waals surface area contributed by atoms with Crippen molar-refractivity contribution in [3.8, 4) is 0 Å². The van der Waals surface area contributed by atoms with Crippen molar-refractivity contribution in [3.05, 3.63) is 58.6 Å². The monoisotopic (exact) mass is 487 g/mol. The smallest absolute Gasteiger partial charge is 0.321 e. The summed E-state index contributed by atoms with van der Waals surface area (Å²) >= 11 is 3.41. The van der Waals surface area contributed by atoms with Gasteiger partial charge in [0.25, 0.3) is 0 Å². The summed E-state index contributed by atoms with van der Waals surface area (Å²) in [5.74, 6) is -0.0137. The predicted molar refractivity (Wildman–Crippen MR) is 127 cm³/mol. The van der Waals surface area contributed by atoms with Crippen LogP contribution >= 0.6 is 15.9 Å². The molecule has 1 fully saturated rings. The van der Waals surface area contributed by atoms with Crippen molar-refractivity contribution >= 4 is 39.2 Å². The Balaban J connectivity index is 1.53. The van der Waals surface area contributed by atoms with Gasteiger partial charge in [0.15, 0.2) is 0 Å². The fourth-order valence-corrected chi connectivity index (χ4v) is 4.03. The zero-order valence-corrected chi connectivity index (χ0v) is 19.5. The van der Waals surface area contributed by atoms with E-state index < -0.39 is 5.60 Å². The van der Waals surface area contributed by atoms with Gasteiger partial charge >= 0.3 is 6.03 Å². The molecule has 3 amide bonds. The number of unbranched alkanes of at least 4 members (excludes halogenated alkanes) is 2. The number of hydrogen-bond donors (Lipinski definition) is 3. The molecule has 0 spiro atoms. The number of aliphatic hydroxyl groups is 1. The summed E-state index contributed by atoms with van der Waals surface area (Å²) in [4.78, 5) is 26.5. The Morgan fingerprint density at radius 1 is 1.03 bits per heavy atom. The Hall–Kier alpha value is -2.38. The highest BCUT2D eigenvalue weighted by Crippen LogP contribution is 2.33. The first-order valence-corrected chi connectivity index (χ1v) is 11.6. The molecule has 3 N–H and O–H groups in total. The number of anilines is 2. The van der Waals surface area contributed by atoms with Gasteiger partial charge in [0, 0.05) is 35.4 Å². The predicted octanol–water partition coefficient (Wildman–Crippen LogP) is 5.48. The van der Waals surface area contributed by atoms with Gasteiger partial charge in [-0.25, -0.2) is 4.79 Å². The third kappa shape index (κ3) is 6.55. The minimum atomic E-state index is -0.917. The molecule has 31 heavy (non-hydrogen) atoms. The lowest BCUT2D eigenvalue weighted by Crippen LogP contribution is -2.46. The van der Waals surface area contributed by atoms with Crippen LogP contribution in [0, 0.1) is 0 Å². The Bertz CT molecular complexity index is 893. The number of nitrogens with zero attached hydrogens (tertiary/aromatic N) is 1. The molecule has 2 aromatic carbocycles. The highest BCUT2D eigenvalue weighted by molar-refractivity contribution is 9.10. The quantitative estimate of drug-likeness (QED) is 0.452. The molecular weight excluding hydrogens is 458 g/mol. The van der Waals surface area contributed by atoms with Crippen LogP contribution in [0.4, 0.5) is 16.2 Å². The van der Waals surface area contributed by atoms with Crippen LogP contribution in [-0.2, 0) is 10.4 Å². The Morgan fingerprint density at radius 2 is 1.68 bits per heavy atom. The molecule has 0 radical (unpaired) electrons. The van der Waals surface area contributed by atoms with Gasteiger partial charge in [0.05, 0.1) is 5.60 Å². The summed E-state index contributed by atoms with van der Waals surface area (Å²) in [6, 6.07) is 14.6. The number of carbonyl (C=O) groups is 2. The first kappa shape index (κ1) is 23.3. The molecule has 0 atom stereocenters. The average Bonchev–Trinajstić information content (AvgIpc) is 2.75. The van der Waals surface area contributed by atoms with E-state index in [0.29, 0.717) is 43.7 Å². The minimum Gasteiger partial charge on any atom is -0.385 e. The second-order valence-corrected chi connectivity index (χ2v) is 8.96. The summed E-state index contributed by atoms with van der Waals surface area (Å²) in [6.45, 7) is 3.03. The number of urea groups is 1. The topological polar surface area (TPSA) is 81.7 Å². The molecule has 0 aromatic heterocycles. The molecular formula is C24H30BrN3O3. The number of halogens is 1. The lowest BCUT2D eigenvalue weighted by Gasteiger charge is -2.38.